The minimum Gasteiger partial charge on any atom is -0.463 e. The van der Waals surface area contributed by atoms with Crippen LogP contribution in [0.2, 0.25) is 0 Å². The van der Waals surface area contributed by atoms with Gasteiger partial charge in [-0.2, -0.15) is 0 Å². The van der Waals surface area contributed by atoms with Gasteiger partial charge < -0.3 is 14.6 Å². The van der Waals surface area contributed by atoms with E-state index in [2.05, 4.69) is 20.4 Å². The van der Waals surface area contributed by atoms with E-state index in [0.29, 0.717) is 5.76 Å². The van der Waals surface area contributed by atoms with Crippen molar-refractivity contribution < 1.29 is 9.21 Å². The summed E-state index contributed by atoms with van der Waals surface area (Å²) >= 11 is 0. The molecule has 2 aromatic heterocycles. The number of hydrogen-bond donors (Lipinski definition) is 1. The molecule has 27 heavy (non-hydrogen) atoms. The maximum Gasteiger partial charge on any atom is 0.227 e. The first-order valence-electron chi connectivity index (χ1n) is 9.19. The third-order valence-corrected chi connectivity index (χ3v) is 4.90. The number of aryl methyl sites for hydroxylation is 1. The SMILES string of the molecule is Cc1cccc(NC(=O)C2CCN(c3ccc(-c4ccco4)nn3)CC2)c1. The van der Waals surface area contributed by atoms with Gasteiger partial charge in [-0.1, -0.05) is 12.1 Å². The van der Waals surface area contributed by atoms with Crippen LogP contribution in [0.1, 0.15) is 18.4 Å². The summed E-state index contributed by atoms with van der Waals surface area (Å²) in [5, 5.41) is 11.6. The smallest absolute Gasteiger partial charge is 0.227 e. The monoisotopic (exact) mass is 362 g/mol. The molecule has 0 aliphatic carbocycles. The first-order chi connectivity index (χ1) is 13.2. The van der Waals surface area contributed by atoms with Crippen LogP contribution in [0.3, 0.4) is 0 Å². The first kappa shape index (κ1) is 17.3. The van der Waals surface area contributed by atoms with Gasteiger partial charge in [0.2, 0.25) is 5.91 Å². The van der Waals surface area contributed by atoms with Crippen molar-refractivity contribution in [2.45, 2.75) is 19.8 Å². The second kappa shape index (κ2) is 7.61. The number of nitrogens with one attached hydrogen (secondary N) is 1. The van der Waals surface area contributed by atoms with Crippen LogP contribution in [0, 0.1) is 12.8 Å². The molecule has 1 aliphatic heterocycles. The summed E-state index contributed by atoms with van der Waals surface area (Å²) in [5.74, 6) is 1.67. The molecule has 0 atom stereocenters. The highest BCUT2D eigenvalue weighted by molar-refractivity contribution is 5.92. The molecule has 1 aliphatic rings. The average Bonchev–Trinajstić information content (AvgIpc) is 3.23. The summed E-state index contributed by atoms with van der Waals surface area (Å²) in [6, 6.07) is 15.5. The molecule has 0 unspecified atom stereocenters. The van der Waals surface area contributed by atoms with Crippen molar-refractivity contribution in [1.29, 1.82) is 0 Å². The summed E-state index contributed by atoms with van der Waals surface area (Å²) in [7, 11) is 0. The van der Waals surface area contributed by atoms with E-state index in [-0.39, 0.29) is 11.8 Å². The fraction of sp³-hybridized carbons (Fsp3) is 0.286. The van der Waals surface area contributed by atoms with Crippen LogP contribution in [-0.4, -0.2) is 29.2 Å². The molecule has 3 heterocycles. The highest BCUT2D eigenvalue weighted by Gasteiger charge is 2.26. The van der Waals surface area contributed by atoms with Crippen LogP contribution >= 0.6 is 0 Å². The zero-order valence-corrected chi connectivity index (χ0v) is 15.3. The molecule has 1 aromatic carbocycles. The van der Waals surface area contributed by atoms with Crippen molar-refractivity contribution in [1.82, 2.24) is 10.2 Å². The van der Waals surface area contributed by atoms with Gasteiger partial charge in [0.25, 0.3) is 0 Å². The molecule has 1 N–H and O–H groups in total. The fourth-order valence-corrected chi connectivity index (χ4v) is 3.39. The number of aromatic nitrogens is 2. The molecule has 1 amide bonds. The van der Waals surface area contributed by atoms with Gasteiger partial charge in [-0.05, 0) is 61.7 Å². The minimum absolute atomic E-state index is 0.0251. The van der Waals surface area contributed by atoms with Crippen molar-refractivity contribution >= 4 is 17.4 Å². The number of nitrogens with zero attached hydrogens (tertiary/aromatic N) is 3. The fourth-order valence-electron chi connectivity index (χ4n) is 3.39. The number of anilines is 2. The van der Waals surface area contributed by atoms with Gasteiger partial charge in [0.15, 0.2) is 11.6 Å². The van der Waals surface area contributed by atoms with Crippen molar-refractivity contribution in [2.24, 2.45) is 5.92 Å². The molecule has 0 saturated carbocycles. The Balaban J connectivity index is 1.34. The Morgan fingerprint density at radius 3 is 2.63 bits per heavy atom. The minimum atomic E-state index is 0.0251. The number of carbonyl (C=O) groups excluding carboxylic acids is 1. The number of piperidine rings is 1. The maximum absolute atomic E-state index is 12.5. The van der Waals surface area contributed by atoms with E-state index in [1.807, 2.05) is 55.5 Å². The van der Waals surface area contributed by atoms with Crippen LogP contribution in [0.5, 0.6) is 0 Å². The second-order valence-corrected chi connectivity index (χ2v) is 6.87. The molecule has 6 heteroatoms. The molecule has 0 radical (unpaired) electrons. The zero-order chi connectivity index (χ0) is 18.6. The highest BCUT2D eigenvalue weighted by atomic mass is 16.3. The molecular formula is C21H22N4O2. The molecule has 0 spiro atoms. The molecule has 1 fully saturated rings. The predicted molar refractivity (Wildman–Crippen MR) is 104 cm³/mol. The normalized spacial score (nSPS) is 14.9. The van der Waals surface area contributed by atoms with E-state index in [0.717, 1.165) is 48.7 Å². The van der Waals surface area contributed by atoms with Crippen molar-refractivity contribution in [2.75, 3.05) is 23.3 Å². The van der Waals surface area contributed by atoms with E-state index < -0.39 is 0 Å². The standard InChI is InChI=1S/C21H22N4O2/c1-15-4-2-5-17(14-15)22-21(26)16-9-11-25(12-10-16)20-8-7-18(23-24-20)19-6-3-13-27-19/h2-8,13-14,16H,9-12H2,1H3,(H,22,26). The third kappa shape index (κ3) is 4.00. The first-order valence-corrected chi connectivity index (χ1v) is 9.19. The number of carbonyl (C=O) groups is 1. The Labute approximate surface area is 158 Å². The van der Waals surface area contributed by atoms with Gasteiger partial charge in [0, 0.05) is 24.7 Å². The Morgan fingerprint density at radius 2 is 1.96 bits per heavy atom. The number of furan rings is 1. The van der Waals surface area contributed by atoms with Gasteiger partial charge in [-0.25, -0.2) is 0 Å². The topological polar surface area (TPSA) is 71.3 Å². The number of rotatable bonds is 4. The molecule has 4 rings (SSSR count). The highest BCUT2D eigenvalue weighted by Crippen LogP contribution is 2.24. The summed E-state index contributed by atoms with van der Waals surface area (Å²) in [6.45, 7) is 3.60. The molecule has 6 nitrogen and oxygen atoms in total. The molecule has 138 valence electrons. The lowest BCUT2D eigenvalue weighted by molar-refractivity contribution is -0.120. The number of benzene rings is 1. The Morgan fingerprint density at radius 1 is 1.11 bits per heavy atom. The number of hydrogen-bond acceptors (Lipinski definition) is 5. The zero-order valence-electron chi connectivity index (χ0n) is 15.3. The lowest BCUT2D eigenvalue weighted by Gasteiger charge is -2.31. The second-order valence-electron chi connectivity index (χ2n) is 6.87. The van der Waals surface area contributed by atoms with Gasteiger partial charge in [0.05, 0.1) is 6.26 Å². The predicted octanol–water partition coefficient (Wildman–Crippen LogP) is 3.90. The van der Waals surface area contributed by atoms with Crippen molar-refractivity contribution in [3.63, 3.8) is 0 Å². The largest absolute Gasteiger partial charge is 0.463 e. The van der Waals surface area contributed by atoms with Crippen LogP contribution in [0.15, 0.2) is 59.2 Å². The Hall–Kier alpha value is -3.15. The summed E-state index contributed by atoms with van der Waals surface area (Å²) in [6.07, 6.45) is 3.23. The van der Waals surface area contributed by atoms with Gasteiger partial charge in [-0.15, -0.1) is 10.2 Å². The van der Waals surface area contributed by atoms with Crippen molar-refractivity contribution in [3.05, 3.63) is 60.4 Å². The lowest BCUT2D eigenvalue weighted by atomic mass is 9.95. The van der Waals surface area contributed by atoms with E-state index in [1.165, 1.54) is 0 Å². The van der Waals surface area contributed by atoms with E-state index in [9.17, 15) is 4.79 Å². The van der Waals surface area contributed by atoms with Crippen LogP contribution in [0.25, 0.3) is 11.5 Å². The van der Waals surface area contributed by atoms with Gasteiger partial charge in [0.1, 0.15) is 5.69 Å². The molecular weight excluding hydrogens is 340 g/mol. The Kier molecular flexibility index (Phi) is 4.87. The average molecular weight is 362 g/mol. The van der Waals surface area contributed by atoms with Crippen molar-refractivity contribution in [3.8, 4) is 11.5 Å². The van der Waals surface area contributed by atoms with Crippen LogP contribution in [0.4, 0.5) is 11.5 Å². The lowest BCUT2D eigenvalue weighted by Crippen LogP contribution is -2.38. The van der Waals surface area contributed by atoms with Crippen LogP contribution in [-0.2, 0) is 4.79 Å². The van der Waals surface area contributed by atoms with E-state index in [4.69, 9.17) is 4.42 Å². The molecule has 0 bridgehead atoms. The third-order valence-electron chi connectivity index (χ3n) is 4.90. The molecule has 3 aromatic rings. The number of amides is 1. The summed E-state index contributed by atoms with van der Waals surface area (Å²) in [5.41, 5.74) is 2.72. The summed E-state index contributed by atoms with van der Waals surface area (Å²) < 4.78 is 5.34. The Bertz CT molecular complexity index is 898. The summed E-state index contributed by atoms with van der Waals surface area (Å²) in [4.78, 5) is 14.7. The quantitative estimate of drug-likeness (QED) is 0.762. The van der Waals surface area contributed by atoms with E-state index in [1.54, 1.807) is 6.26 Å². The van der Waals surface area contributed by atoms with Gasteiger partial charge >= 0.3 is 0 Å². The van der Waals surface area contributed by atoms with Crippen LogP contribution < -0.4 is 10.2 Å². The maximum atomic E-state index is 12.5. The van der Waals surface area contributed by atoms with E-state index >= 15 is 0 Å². The molecule has 1 saturated heterocycles. The van der Waals surface area contributed by atoms with Gasteiger partial charge in [-0.3, -0.25) is 4.79 Å².